The average molecular weight is 509 g/mol. The lowest BCUT2D eigenvalue weighted by Crippen LogP contribution is -2.04. The van der Waals surface area contributed by atoms with Crippen LogP contribution >= 0.6 is 0 Å². The summed E-state index contributed by atoms with van der Waals surface area (Å²) in [6.45, 7) is 3.89. The van der Waals surface area contributed by atoms with Gasteiger partial charge in [-0.3, -0.25) is 0 Å². The van der Waals surface area contributed by atoms with E-state index in [2.05, 4.69) is 9.72 Å². The van der Waals surface area contributed by atoms with Gasteiger partial charge >= 0.3 is 6.18 Å². The molecule has 1 heterocycles. The van der Waals surface area contributed by atoms with Crippen LogP contribution in [0.5, 0.6) is 11.5 Å². The van der Waals surface area contributed by atoms with Gasteiger partial charge in [-0.1, -0.05) is 29.4 Å². The molecule has 3 aromatic carbocycles. The summed E-state index contributed by atoms with van der Waals surface area (Å²) in [5, 5.41) is 4.26. The summed E-state index contributed by atoms with van der Waals surface area (Å²) in [5.74, 6) is 1.50. The van der Waals surface area contributed by atoms with E-state index in [0.717, 1.165) is 51.8 Å². The lowest BCUT2D eigenvalue weighted by atomic mass is 10.1. The molecule has 0 bridgehead atoms. The van der Waals surface area contributed by atoms with E-state index in [1.165, 1.54) is 12.1 Å². The zero-order valence-electron chi connectivity index (χ0n) is 21.0. The first kappa shape index (κ1) is 25.9. The zero-order valence-corrected chi connectivity index (χ0v) is 21.0. The topological polar surface area (TPSA) is 45.0 Å². The van der Waals surface area contributed by atoms with Crippen molar-refractivity contribution in [2.75, 3.05) is 14.2 Å². The van der Waals surface area contributed by atoms with Crippen molar-refractivity contribution in [2.45, 2.75) is 26.6 Å². The molecule has 5 nitrogen and oxygen atoms in total. The van der Waals surface area contributed by atoms with E-state index in [1.807, 2.05) is 68.4 Å². The highest BCUT2D eigenvalue weighted by atomic mass is 19.4. The predicted octanol–water partition coefficient (Wildman–Crippen LogP) is 7.43. The molecule has 4 aromatic rings. The van der Waals surface area contributed by atoms with Crippen molar-refractivity contribution in [3.8, 4) is 28.4 Å². The minimum Gasteiger partial charge on any atom is -0.497 e. The molecule has 192 valence electrons. The molecule has 0 aliphatic heterocycles. The van der Waals surface area contributed by atoms with Gasteiger partial charge < -0.3 is 18.9 Å². The summed E-state index contributed by atoms with van der Waals surface area (Å²) in [6.07, 6.45) is -4.37. The van der Waals surface area contributed by atoms with Crippen molar-refractivity contribution in [1.82, 2.24) is 4.57 Å². The zero-order chi connectivity index (χ0) is 26.6. The van der Waals surface area contributed by atoms with Gasteiger partial charge in [0.25, 0.3) is 0 Å². The van der Waals surface area contributed by atoms with E-state index in [4.69, 9.17) is 14.3 Å². The molecular weight excluding hydrogens is 481 g/mol. The molecule has 0 fully saturated rings. The lowest BCUT2D eigenvalue weighted by Gasteiger charge is -2.13. The highest BCUT2D eigenvalue weighted by molar-refractivity contribution is 6.01. The second kappa shape index (κ2) is 10.8. The number of hydrogen-bond donors (Lipinski definition) is 0. The Bertz CT molecular complexity index is 1390. The van der Waals surface area contributed by atoms with Crippen molar-refractivity contribution >= 4 is 5.71 Å². The number of methoxy groups -OCH3 is 2. The van der Waals surface area contributed by atoms with Crippen LogP contribution in [0.2, 0.25) is 0 Å². The number of benzene rings is 3. The number of nitrogens with zero attached hydrogens (tertiary/aromatic N) is 2. The van der Waals surface area contributed by atoms with Gasteiger partial charge in [-0.05, 0) is 74.0 Å². The van der Waals surface area contributed by atoms with Crippen LogP contribution in [-0.4, -0.2) is 24.5 Å². The van der Waals surface area contributed by atoms with Crippen LogP contribution in [0.1, 0.15) is 29.3 Å². The minimum atomic E-state index is -4.37. The molecular formula is C29H27F3N2O3. The first-order chi connectivity index (χ1) is 17.7. The van der Waals surface area contributed by atoms with E-state index < -0.39 is 11.7 Å². The smallest absolute Gasteiger partial charge is 0.416 e. The van der Waals surface area contributed by atoms with Crippen LogP contribution in [0.15, 0.2) is 84.0 Å². The predicted molar refractivity (Wildman–Crippen MR) is 137 cm³/mol. The van der Waals surface area contributed by atoms with Gasteiger partial charge in [0.1, 0.15) is 18.1 Å². The van der Waals surface area contributed by atoms with Crippen molar-refractivity contribution < 1.29 is 27.5 Å². The Labute approximate surface area is 213 Å². The highest BCUT2D eigenvalue weighted by Crippen LogP contribution is 2.33. The first-order valence-corrected chi connectivity index (χ1v) is 11.6. The SMILES string of the molecule is COc1ccc(-n2c(-c3cccc(OC)c3)cc(/C(C)=N/OCc3ccc(C(F)(F)F)cc3)c2C)cc1. The molecule has 1 aromatic heterocycles. The third-order valence-electron chi connectivity index (χ3n) is 6.05. The Morgan fingerprint density at radius 3 is 2.16 bits per heavy atom. The highest BCUT2D eigenvalue weighted by Gasteiger charge is 2.29. The minimum absolute atomic E-state index is 0.0520. The fourth-order valence-corrected chi connectivity index (χ4v) is 4.07. The molecule has 8 heteroatoms. The summed E-state index contributed by atoms with van der Waals surface area (Å²) >= 11 is 0. The van der Waals surface area contributed by atoms with Crippen LogP contribution in [0.25, 0.3) is 16.9 Å². The normalized spacial score (nSPS) is 11.9. The maximum Gasteiger partial charge on any atom is 0.416 e. The number of rotatable bonds is 8. The molecule has 0 N–H and O–H groups in total. The third kappa shape index (κ3) is 5.80. The van der Waals surface area contributed by atoms with Crippen molar-refractivity contribution in [2.24, 2.45) is 5.16 Å². The van der Waals surface area contributed by atoms with E-state index in [-0.39, 0.29) is 6.61 Å². The molecule has 37 heavy (non-hydrogen) atoms. The summed E-state index contributed by atoms with van der Waals surface area (Å²) in [4.78, 5) is 5.50. The molecule has 0 spiro atoms. The fraction of sp³-hybridized carbons (Fsp3) is 0.207. The Morgan fingerprint density at radius 1 is 0.865 bits per heavy atom. The van der Waals surface area contributed by atoms with Gasteiger partial charge in [-0.2, -0.15) is 13.2 Å². The van der Waals surface area contributed by atoms with Crippen LogP contribution < -0.4 is 9.47 Å². The largest absolute Gasteiger partial charge is 0.497 e. The Morgan fingerprint density at radius 2 is 1.54 bits per heavy atom. The number of ether oxygens (including phenoxy) is 2. The number of alkyl halides is 3. The Kier molecular flexibility index (Phi) is 7.57. The Balaban J connectivity index is 1.66. The molecule has 0 radical (unpaired) electrons. The van der Waals surface area contributed by atoms with E-state index >= 15 is 0 Å². The molecule has 0 aliphatic rings. The number of halogens is 3. The molecule has 0 amide bonds. The van der Waals surface area contributed by atoms with Crippen LogP contribution in [-0.2, 0) is 17.6 Å². The summed E-state index contributed by atoms with van der Waals surface area (Å²) in [7, 11) is 3.25. The Hall–Kier alpha value is -4.20. The summed E-state index contributed by atoms with van der Waals surface area (Å²) in [6, 6.07) is 22.4. The second-order valence-corrected chi connectivity index (χ2v) is 8.44. The monoisotopic (exact) mass is 508 g/mol. The van der Waals surface area contributed by atoms with Crippen molar-refractivity contribution in [1.29, 1.82) is 0 Å². The van der Waals surface area contributed by atoms with Gasteiger partial charge in [-0.25, -0.2) is 0 Å². The summed E-state index contributed by atoms with van der Waals surface area (Å²) < 4.78 is 51.2. The van der Waals surface area contributed by atoms with Crippen LogP contribution in [0.3, 0.4) is 0 Å². The van der Waals surface area contributed by atoms with Crippen LogP contribution in [0, 0.1) is 6.92 Å². The molecule has 0 aliphatic carbocycles. The standard InChI is InChI=1S/C29H27F3N2O3/c1-19(33-37-18-21-8-10-23(11-9-21)29(30,31)32)27-17-28(22-6-5-7-26(16-22)36-4)34(20(27)2)24-12-14-25(35-3)15-13-24/h5-17H,18H2,1-4H3/b33-19+. The quantitative estimate of drug-likeness (QED) is 0.184. The van der Waals surface area contributed by atoms with Gasteiger partial charge in [0.05, 0.1) is 31.2 Å². The molecule has 0 saturated heterocycles. The second-order valence-electron chi connectivity index (χ2n) is 8.44. The molecule has 4 rings (SSSR count). The maximum atomic E-state index is 12.8. The number of aromatic nitrogens is 1. The van der Waals surface area contributed by atoms with E-state index in [9.17, 15) is 13.2 Å². The third-order valence-corrected chi connectivity index (χ3v) is 6.05. The molecule has 0 atom stereocenters. The van der Waals surface area contributed by atoms with Gasteiger partial charge in [0.15, 0.2) is 0 Å². The number of hydrogen-bond acceptors (Lipinski definition) is 4. The van der Waals surface area contributed by atoms with Crippen molar-refractivity contribution in [3.05, 3.63) is 101 Å². The summed E-state index contributed by atoms with van der Waals surface area (Å²) in [5.41, 5.74) is 5.20. The van der Waals surface area contributed by atoms with E-state index in [1.54, 1.807) is 14.2 Å². The van der Waals surface area contributed by atoms with Gasteiger partial charge in [0, 0.05) is 22.5 Å². The van der Waals surface area contributed by atoms with Crippen molar-refractivity contribution in [3.63, 3.8) is 0 Å². The fourth-order valence-electron chi connectivity index (χ4n) is 4.07. The lowest BCUT2D eigenvalue weighted by molar-refractivity contribution is -0.137. The maximum absolute atomic E-state index is 12.8. The van der Waals surface area contributed by atoms with Gasteiger partial charge in [0.2, 0.25) is 0 Å². The number of oxime groups is 1. The van der Waals surface area contributed by atoms with E-state index in [0.29, 0.717) is 11.3 Å². The molecule has 0 unspecified atom stereocenters. The first-order valence-electron chi connectivity index (χ1n) is 11.6. The van der Waals surface area contributed by atoms with Gasteiger partial charge in [-0.15, -0.1) is 0 Å². The average Bonchev–Trinajstić information content (AvgIpc) is 3.25. The van der Waals surface area contributed by atoms with Crippen LogP contribution in [0.4, 0.5) is 13.2 Å². The molecule has 0 saturated carbocycles.